The van der Waals surface area contributed by atoms with Crippen LogP contribution in [0.15, 0.2) is 0 Å². The number of aliphatic carboxylic acids is 2. The first kappa shape index (κ1) is 18.8. The van der Waals surface area contributed by atoms with Crippen LogP contribution < -0.4 is 10.2 Å². The van der Waals surface area contributed by atoms with Crippen LogP contribution in [0.3, 0.4) is 0 Å². The van der Waals surface area contributed by atoms with Crippen LogP contribution in [0, 0.1) is 0 Å². The Hall–Kier alpha value is 0.120. The Morgan fingerprint density at radius 1 is 1.00 bits per heavy atom. The van der Waals surface area contributed by atoms with E-state index in [2.05, 4.69) is 0 Å². The van der Waals surface area contributed by atoms with Gasteiger partial charge >= 0.3 is 0 Å². The van der Waals surface area contributed by atoms with Crippen molar-refractivity contribution in [1.29, 1.82) is 0 Å². The number of aliphatic hydroxyl groups is 2. The smallest absolute Gasteiger partial charge is 0.0905 e. The first-order valence-electron chi connectivity index (χ1n) is 3.06. The van der Waals surface area contributed by atoms with Crippen molar-refractivity contribution in [1.82, 2.24) is 0 Å². The zero-order chi connectivity index (χ0) is 10.3. The molecule has 6 nitrogen and oxygen atoms in total. The van der Waals surface area contributed by atoms with Crippen molar-refractivity contribution in [2.24, 2.45) is 0 Å². The fourth-order valence-corrected chi connectivity index (χ4v) is 0. The summed E-state index contributed by atoms with van der Waals surface area (Å²) in [4.78, 5) is 18.7. The molecule has 7 heteroatoms. The average molecular weight is 218 g/mol. The number of carboxylic acids is 2. The van der Waals surface area contributed by atoms with Gasteiger partial charge < -0.3 is 30.0 Å². The van der Waals surface area contributed by atoms with E-state index in [1.54, 1.807) is 0 Å². The van der Waals surface area contributed by atoms with Crippen LogP contribution in [0.5, 0.6) is 0 Å². The van der Waals surface area contributed by atoms with Gasteiger partial charge in [0.15, 0.2) is 0 Å². The monoisotopic (exact) mass is 218 g/mol. The summed E-state index contributed by atoms with van der Waals surface area (Å²) in [7, 11) is 0. The van der Waals surface area contributed by atoms with Crippen LogP contribution in [0.25, 0.3) is 0 Å². The molecule has 74 valence electrons. The Labute approximate surface area is 105 Å². The molecule has 0 aromatic carbocycles. The summed E-state index contributed by atoms with van der Waals surface area (Å²) in [6, 6.07) is 0. The molecule has 0 saturated heterocycles. The van der Waals surface area contributed by atoms with Gasteiger partial charge in [0.1, 0.15) is 0 Å². The fraction of sp³-hybridized carbons (Fsp3) is 0.667. The Bertz CT molecular complexity index is 137. The van der Waals surface area contributed by atoms with Gasteiger partial charge in [0.05, 0.1) is 24.1 Å². The van der Waals surface area contributed by atoms with Gasteiger partial charge in [0.25, 0.3) is 0 Å². The predicted molar refractivity (Wildman–Crippen MR) is 39.1 cm³/mol. The first-order valence-corrected chi connectivity index (χ1v) is 3.06. The average Bonchev–Trinajstić information content (AvgIpc) is 1.88. The van der Waals surface area contributed by atoms with Gasteiger partial charge in [-0.15, -0.1) is 0 Å². The Morgan fingerprint density at radius 2 is 1.08 bits per heavy atom. The van der Waals surface area contributed by atoms with Crippen molar-refractivity contribution in [3.05, 3.63) is 0 Å². The second-order valence-corrected chi connectivity index (χ2v) is 1.99. The van der Waals surface area contributed by atoms with Crippen LogP contribution in [-0.2, 0) is 9.59 Å². The van der Waals surface area contributed by atoms with Gasteiger partial charge in [-0.25, -0.2) is 0 Å². The van der Waals surface area contributed by atoms with Gasteiger partial charge in [-0.1, -0.05) is 0 Å². The van der Waals surface area contributed by atoms with Crippen molar-refractivity contribution < 1.29 is 30.0 Å². The molecule has 0 aliphatic carbocycles. The van der Waals surface area contributed by atoms with Gasteiger partial charge in [0.2, 0.25) is 0 Å². The number of carbonyl (C=O) groups is 2. The quantitative estimate of drug-likeness (QED) is 0.454. The van der Waals surface area contributed by atoms with Crippen LogP contribution in [0.2, 0.25) is 0 Å². The molecule has 0 spiro atoms. The fourth-order valence-electron chi connectivity index (χ4n) is 0. The summed E-state index contributed by atoms with van der Waals surface area (Å²) in [6.07, 6.45) is -2.69. The standard InChI is InChI=1S/2C3H6O3.Ca/c2*1-2(4)3(5)6;/h2*2,4H,1H3,(H,5,6);/p-2. The molecule has 0 amide bonds. The van der Waals surface area contributed by atoms with E-state index in [0.29, 0.717) is 0 Å². The number of rotatable bonds is 2. The largest absolute Gasteiger partial charge is 0.547 e. The van der Waals surface area contributed by atoms with Crippen molar-refractivity contribution in [2.75, 3.05) is 0 Å². The second-order valence-electron chi connectivity index (χ2n) is 1.99. The molecule has 0 bridgehead atoms. The first-order chi connectivity index (χ1) is 5.29. The molecular weight excluding hydrogens is 208 g/mol. The molecule has 0 aliphatic heterocycles. The molecule has 0 aliphatic rings. The number of hydrogen-bond acceptors (Lipinski definition) is 6. The summed E-state index contributed by atoms with van der Waals surface area (Å²) < 4.78 is 0. The van der Waals surface area contributed by atoms with Crippen LogP contribution in [-0.4, -0.2) is 72.1 Å². The topological polar surface area (TPSA) is 121 Å². The zero-order valence-electron chi connectivity index (χ0n) is 7.39. The second kappa shape index (κ2) is 10.2. The zero-order valence-corrected chi connectivity index (χ0v) is 9.60. The minimum absolute atomic E-state index is 0. The van der Waals surface area contributed by atoms with Gasteiger partial charge in [-0.2, -0.15) is 0 Å². The molecule has 0 fully saturated rings. The third-order valence-corrected chi connectivity index (χ3v) is 0.682. The predicted octanol–water partition coefficient (Wildman–Crippen LogP) is -4.15. The molecule has 0 rings (SSSR count). The van der Waals surface area contributed by atoms with Crippen LogP contribution in [0.1, 0.15) is 13.8 Å². The molecule has 2 unspecified atom stereocenters. The minimum atomic E-state index is -1.44. The van der Waals surface area contributed by atoms with Crippen molar-refractivity contribution in [3.63, 3.8) is 0 Å². The maximum absolute atomic E-state index is 9.34. The number of carbonyl (C=O) groups excluding carboxylic acids is 2. The minimum Gasteiger partial charge on any atom is -0.547 e. The summed E-state index contributed by atoms with van der Waals surface area (Å²) in [5.41, 5.74) is 0. The third-order valence-electron chi connectivity index (χ3n) is 0.682. The normalized spacial score (nSPS) is 12.6. The molecule has 0 aromatic heterocycles. The number of hydrogen-bond donors (Lipinski definition) is 2. The van der Waals surface area contributed by atoms with E-state index in [1.807, 2.05) is 0 Å². The molecule has 0 heterocycles. The van der Waals surface area contributed by atoms with E-state index in [9.17, 15) is 19.8 Å². The van der Waals surface area contributed by atoms with E-state index in [4.69, 9.17) is 10.2 Å². The summed E-state index contributed by atoms with van der Waals surface area (Å²) >= 11 is 0. The van der Waals surface area contributed by atoms with Crippen molar-refractivity contribution in [3.8, 4) is 0 Å². The summed E-state index contributed by atoms with van der Waals surface area (Å²) in [5, 5.41) is 34.6. The van der Waals surface area contributed by atoms with E-state index < -0.39 is 24.1 Å². The maximum atomic E-state index is 9.34. The van der Waals surface area contributed by atoms with Gasteiger partial charge in [-0.3, -0.25) is 0 Å². The van der Waals surface area contributed by atoms with Crippen molar-refractivity contribution >= 4 is 49.7 Å². The van der Waals surface area contributed by atoms with Gasteiger partial charge in [0, 0.05) is 37.7 Å². The SMILES string of the molecule is CC(O)C(=O)[O-].CC(O)C(=O)[O-].[Ca]. The van der Waals surface area contributed by atoms with E-state index >= 15 is 0 Å². The van der Waals surface area contributed by atoms with E-state index in [-0.39, 0.29) is 37.7 Å². The van der Waals surface area contributed by atoms with Crippen molar-refractivity contribution in [2.45, 2.75) is 26.1 Å². The van der Waals surface area contributed by atoms with Gasteiger partial charge in [-0.05, 0) is 13.8 Å². The summed E-state index contributed by atoms with van der Waals surface area (Å²) in [6.45, 7) is 2.27. The molecule has 2 atom stereocenters. The Morgan fingerprint density at radius 3 is 1.08 bits per heavy atom. The molecule has 2 radical (unpaired) electrons. The third kappa shape index (κ3) is 18.8. The number of aliphatic hydroxyl groups excluding tert-OH is 2. The molecule has 0 aromatic rings. The molecule has 0 saturated carbocycles. The molecule has 13 heavy (non-hydrogen) atoms. The Kier molecular flexibility index (Phi) is 14.8. The molecule has 2 N–H and O–H groups in total. The molecular formula is C6H10CaO6-2. The maximum Gasteiger partial charge on any atom is 0.0905 e. The Balaban J connectivity index is -0.000000143. The van der Waals surface area contributed by atoms with Crippen LogP contribution >= 0.6 is 0 Å². The number of carboxylic acid groups (broad SMARTS) is 2. The van der Waals surface area contributed by atoms with E-state index in [0.717, 1.165) is 13.8 Å². The van der Waals surface area contributed by atoms with E-state index in [1.165, 1.54) is 0 Å². The van der Waals surface area contributed by atoms with Crippen LogP contribution in [0.4, 0.5) is 0 Å². The summed E-state index contributed by atoms with van der Waals surface area (Å²) in [5.74, 6) is -2.87.